The van der Waals surface area contributed by atoms with E-state index in [1.807, 2.05) is 0 Å². The molecule has 1 aliphatic heterocycles. The fourth-order valence-electron chi connectivity index (χ4n) is 1.65. The maximum absolute atomic E-state index is 9.18. The maximum Gasteiger partial charge on any atom is 0.183 e. The number of nitriles is 1. The third kappa shape index (κ3) is 2.01. The van der Waals surface area contributed by atoms with Crippen LogP contribution in [0.4, 0.5) is 0 Å². The Morgan fingerprint density at radius 2 is 2.39 bits per heavy atom. The SMILES string of the molecule is CC1=C(C#N)C(c2ccc(CO)o2)=NC(N)N1S. The van der Waals surface area contributed by atoms with E-state index in [1.165, 1.54) is 4.31 Å². The van der Waals surface area contributed by atoms with Crippen LogP contribution in [0.25, 0.3) is 0 Å². The quantitative estimate of drug-likeness (QED) is 0.685. The minimum atomic E-state index is -0.678. The molecule has 3 N–H and O–H groups in total. The molecule has 94 valence electrons. The molecule has 6 nitrogen and oxygen atoms in total. The summed E-state index contributed by atoms with van der Waals surface area (Å²) in [6.07, 6.45) is -0.678. The highest BCUT2D eigenvalue weighted by molar-refractivity contribution is 7.77. The number of nitrogens with two attached hydrogens (primary N) is 1. The minimum Gasteiger partial charge on any atom is -0.457 e. The molecule has 1 unspecified atom stereocenters. The van der Waals surface area contributed by atoms with Gasteiger partial charge < -0.3 is 9.52 Å². The molecular weight excluding hydrogens is 252 g/mol. The smallest absolute Gasteiger partial charge is 0.183 e. The molecule has 0 fully saturated rings. The van der Waals surface area contributed by atoms with Crippen molar-refractivity contribution in [1.29, 1.82) is 5.26 Å². The largest absolute Gasteiger partial charge is 0.457 e. The molecule has 0 saturated carbocycles. The van der Waals surface area contributed by atoms with Crippen molar-refractivity contribution in [2.24, 2.45) is 10.7 Å². The molecule has 0 aliphatic carbocycles. The zero-order valence-electron chi connectivity index (χ0n) is 9.66. The van der Waals surface area contributed by atoms with E-state index in [0.717, 1.165) is 0 Å². The predicted molar refractivity (Wildman–Crippen MR) is 68.3 cm³/mol. The van der Waals surface area contributed by atoms with Gasteiger partial charge in [0.05, 0.1) is 0 Å². The van der Waals surface area contributed by atoms with Crippen LogP contribution in [-0.4, -0.2) is 21.4 Å². The number of nitrogens with zero attached hydrogens (tertiary/aromatic N) is 3. The van der Waals surface area contributed by atoms with Crippen LogP contribution in [0.2, 0.25) is 0 Å². The summed E-state index contributed by atoms with van der Waals surface area (Å²) in [5.41, 5.74) is 7.13. The van der Waals surface area contributed by atoms with Crippen molar-refractivity contribution >= 4 is 18.5 Å². The molecule has 0 aromatic carbocycles. The van der Waals surface area contributed by atoms with E-state index in [0.29, 0.717) is 28.5 Å². The van der Waals surface area contributed by atoms with E-state index in [9.17, 15) is 5.26 Å². The Labute approximate surface area is 110 Å². The zero-order chi connectivity index (χ0) is 13.3. The summed E-state index contributed by atoms with van der Waals surface area (Å²) in [6.45, 7) is 1.53. The number of aliphatic hydroxyl groups is 1. The van der Waals surface area contributed by atoms with Gasteiger partial charge in [-0.2, -0.15) is 5.26 Å². The number of aliphatic hydroxyl groups excluding tert-OH is 1. The van der Waals surface area contributed by atoms with Crippen molar-refractivity contribution in [3.05, 3.63) is 34.9 Å². The fourth-order valence-corrected chi connectivity index (χ4v) is 1.80. The lowest BCUT2D eigenvalue weighted by atomic mass is 10.1. The Hall–Kier alpha value is -1.75. The fraction of sp³-hybridized carbons (Fsp3) is 0.273. The average Bonchev–Trinajstić information content (AvgIpc) is 2.84. The molecular formula is C11H12N4O2S. The van der Waals surface area contributed by atoms with Crippen molar-refractivity contribution < 1.29 is 9.52 Å². The Morgan fingerprint density at radius 3 is 2.94 bits per heavy atom. The standard InChI is InChI=1S/C11H12N4O2S/c1-6-8(4-12)10(14-11(13)15(6)18)9-3-2-7(5-16)17-9/h2-3,11,16,18H,5,13H2,1H3. The highest BCUT2D eigenvalue weighted by Gasteiger charge is 2.26. The molecule has 7 heteroatoms. The number of hydrogen-bond donors (Lipinski definition) is 3. The van der Waals surface area contributed by atoms with Gasteiger partial charge in [0.1, 0.15) is 29.7 Å². The van der Waals surface area contributed by atoms with Crippen LogP contribution in [0.1, 0.15) is 18.4 Å². The number of thiol groups is 1. The van der Waals surface area contributed by atoms with E-state index < -0.39 is 6.29 Å². The molecule has 2 heterocycles. The summed E-state index contributed by atoms with van der Waals surface area (Å²) in [5.74, 6) is 0.816. The summed E-state index contributed by atoms with van der Waals surface area (Å²) in [7, 11) is 0. The van der Waals surface area contributed by atoms with Crippen molar-refractivity contribution in [2.75, 3.05) is 0 Å². The molecule has 0 saturated heterocycles. The summed E-state index contributed by atoms with van der Waals surface area (Å²) in [6, 6.07) is 5.34. The molecule has 1 aromatic heterocycles. The summed E-state index contributed by atoms with van der Waals surface area (Å²) in [4.78, 5) is 4.17. The lowest BCUT2D eigenvalue weighted by Crippen LogP contribution is -2.38. The summed E-state index contributed by atoms with van der Waals surface area (Å²) in [5, 5.41) is 18.1. The first-order chi connectivity index (χ1) is 8.58. The van der Waals surface area contributed by atoms with Crippen LogP contribution in [0.3, 0.4) is 0 Å². The van der Waals surface area contributed by atoms with E-state index in [4.69, 9.17) is 15.3 Å². The van der Waals surface area contributed by atoms with E-state index >= 15 is 0 Å². The van der Waals surface area contributed by atoms with Crippen molar-refractivity contribution in [1.82, 2.24) is 4.31 Å². The second-order valence-electron chi connectivity index (χ2n) is 3.73. The number of furan rings is 1. The number of hydrogen-bond acceptors (Lipinski definition) is 7. The van der Waals surface area contributed by atoms with Gasteiger partial charge in [0.2, 0.25) is 0 Å². The second-order valence-corrected chi connectivity index (χ2v) is 4.16. The molecule has 1 aromatic rings. The first-order valence-electron chi connectivity index (χ1n) is 5.21. The molecule has 0 radical (unpaired) electrons. The van der Waals surface area contributed by atoms with Gasteiger partial charge >= 0.3 is 0 Å². The monoisotopic (exact) mass is 264 g/mol. The van der Waals surface area contributed by atoms with Crippen LogP contribution in [0.5, 0.6) is 0 Å². The van der Waals surface area contributed by atoms with E-state index in [1.54, 1.807) is 19.1 Å². The van der Waals surface area contributed by atoms with Gasteiger partial charge in [-0.1, -0.05) is 12.8 Å². The van der Waals surface area contributed by atoms with Crippen LogP contribution in [0.15, 0.2) is 32.8 Å². The predicted octanol–water partition coefficient (Wildman–Crippen LogP) is 0.761. The highest BCUT2D eigenvalue weighted by atomic mass is 32.1. The zero-order valence-corrected chi connectivity index (χ0v) is 10.6. The number of rotatable bonds is 2. The minimum absolute atomic E-state index is 0.206. The molecule has 0 amide bonds. The third-order valence-electron chi connectivity index (χ3n) is 2.62. The summed E-state index contributed by atoms with van der Waals surface area (Å²) >= 11 is 4.16. The normalized spacial score (nSPS) is 19.8. The van der Waals surface area contributed by atoms with Crippen LogP contribution >= 0.6 is 12.8 Å². The van der Waals surface area contributed by atoms with Crippen molar-refractivity contribution in [3.63, 3.8) is 0 Å². The van der Waals surface area contributed by atoms with Gasteiger partial charge in [-0.3, -0.25) is 10.0 Å². The Morgan fingerprint density at radius 1 is 1.67 bits per heavy atom. The Balaban J connectivity index is 2.49. The van der Waals surface area contributed by atoms with Crippen LogP contribution in [0, 0.1) is 11.3 Å². The lowest BCUT2D eigenvalue weighted by molar-refractivity contribution is 0.246. The number of allylic oxidation sites excluding steroid dienone is 2. The van der Waals surface area contributed by atoms with Gasteiger partial charge in [-0.25, -0.2) is 4.99 Å². The molecule has 1 aliphatic rings. The molecule has 0 spiro atoms. The Bertz CT molecular complexity index is 570. The van der Waals surface area contributed by atoms with Gasteiger partial charge in [0, 0.05) is 5.70 Å². The second kappa shape index (κ2) is 4.86. The van der Waals surface area contributed by atoms with Crippen LogP contribution in [-0.2, 0) is 6.61 Å². The Kier molecular flexibility index (Phi) is 3.43. The van der Waals surface area contributed by atoms with Gasteiger partial charge in [-0.05, 0) is 19.1 Å². The van der Waals surface area contributed by atoms with Gasteiger partial charge in [-0.15, -0.1) is 0 Å². The van der Waals surface area contributed by atoms with Crippen molar-refractivity contribution in [2.45, 2.75) is 19.8 Å². The van der Waals surface area contributed by atoms with Crippen LogP contribution < -0.4 is 5.73 Å². The molecule has 0 bridgehead atoms. The lowest BCUT2D eigenvalue weighted by Gasteiger charge is -2.28. The number of aliphatic imine (C=N–C) groups is 1. The maximum atomic E-state index is 9.18. The molecule has 1 atom stereocenters. The van der Waals surface area contributed by atoms with Crippen molar-refractivity contribution in [3.8, 4) is 6.07 Å². The average molecular weight is 264 g/mol. The van der Waals surface area contributed by atoms with E-state index in [-0.39, 0.29) is 6.61 Å². The van der Waals surface area contributed by atoms with E-state index in [2.05, 4.69) is 23.9 Å². The first-order valence-corrected chi connectivity index (χ1v) is 5.61. The van der Waals surface area contributed by atoms with Gasteiger partial charge in [0.25, 0.3) is 0 Å². The first kappa shape index (κ1) is 12.7. The molecule has 18 heavy (non-hydrogen) atoms. The van der Waals surface area contributed by atoms with Gasteiger partial charge in [0.15, 0.2) is 12.0 Å². The summed E-state index contributed by atoms with van der Waals surface area (Å²) < 4.78 is 6.79. The third-order valence-corrected chi connectivity index (χ3v) is 3.15. The molecule has 2 rings (SSSR count). The highest BCUT2D eigenvalue weighted by Crippen LogP contribution is 2.25. The topological polar surface area (TPSA) is 98.8 Å².